The van der Waals surface area contributed by atoms with E-state index in [2.05, 4.69) is 20.7 Å². The molecule has 0 aliphatic rings. The zero-order valence-corrected chi connectivity index (χ0v) is 17.8. The number of rotatable bonds is 5. The van der Waals surface area contributed by atoms with Crippen LogP contribution in [-0.2, 0) is 16.1 Å². The molecule has 2 amide bonds. The topological polar surface area (TPSA) is 106 Å². The number of anilines is 2. The highest BCUT2D eigenvalue weighted by molar-refractivity contribution is 7.20. The van der Waals surface area contributed by atoms with Gasteiger partial charge in [-0.15, -0.1) is 22.7 Å². The van der Waals surface area contributed by atoms with Crippen molar-refractivity contribution in [1.82, 2.24) is 14.8 Å². The van der Waals surface area contributed by atoms with Gasteiger partial charge in [0.15, 0.2) is 5.52 Å². The standard InChI is InChI=1S/C20H17N5O3S2/c1-11(26)21-13-5-3-6-14(9-13)23-16(27)10-25-20(28)18-19(30-12(2)22-18)17(24-25)15-7-4-8-29-15/h3-9H,10H2,1-2H3,(H,21,26)(H,23,27). The van der Waals surface area contributed by atoms with Crippen molar-refractivity contribution in [3.05, 3.63) is 57.1 Å². The smallest absolute Gasteiger partial charge is 0.294 e. The number of carbonyl (C=O) groups excluding carboxylic acids is 2. The molecule has 8 nitrogen and oxygen atoms in total. The van der Waals surface area contributed by atoms with Gasteiger partial charge < -0.3 is 10.6 Å². The lowest BCUT2D eigenvalue weighted by atomic mass is 10.2. The predicted molar refractivity (Wildman–Crippen MR) is 119 cm³/mol. The van der Waals surface area contributed by atoms with Crippen molar-refractivity contribution in [2.24, 2.45) is 0 Å². The Bertz CT molecular complexity index is 1310. The number of benzene rings is 1. The highest BCUT2D eigenvalue weighted by Gasteiger charge is 2.18. The number of thiazole rings is 1. The molecule has 0 aliphatic carbocycles. The molecule has 0 atom stereocenters. The monoisotopic (exact) mass is 439 g/mol. The number of nitrogens with one attached hydrogen (secondary N) is 2. The van der Waals surface area contributed by atoms with Crippen LogP contribution in [0.3, 0.4) is 0 Å². The van der Waals surface area contributed by atoms with E-state index in [1.165, 1.54) is 29.6 Å². The Hall–Kier alpha value is -3.37. The Balaban J connectivity index is 1.64. The summed E-state index contributed by atoms with van der Waals surface area (Å²) in [5.74, 6) is -0.616. The van der Waals surface area contributed by atoms with Crippen molar-refractivity contribution in [2.45, 2.75) is 20.4 Å². The molecule has 0 spiro atoms. The van der Waals surface area contributed by atoms with E-state index < -0.39 is 11.5 Å². The second-order valence-corrected chi connectivity index (χ2v) is 8.66. The first kappa shape index (κ1) is 19.9. The second-order valence-electron chi connectivity index (χ2n) is 6.51. The van der Waals surface area contributed by atoms with E-state index in [1.807, 2.05) is 24.4 Å². The Kier molecular flexibility index (Phi) is 5.42. The van der Waals surface area contributed by atoms with E-state index in [1.54, 1.807) is 24.3 Å². The Morgan fingerprint density at radius 3 is 2.60 bits per heavy atom. The van der Waals surface area contributed by atoms with Crippen molar-refractivity contribution in [3.8, 4) is 10.6 Å². The third-order valence-corrected chi connectivity index (χ3v) is 5.98. The first-order valence-electron chi connectivity index (χ1n) is 9.00. The number of amides is 2. The highest BCUT2D eigenvalue weighted by Crippen LogP contribution is 2.31. The fraction of sp³-hybridized carbons (Fsp3) is 0.150. The van der Waals surface area contributed by atoms with Gasteiger partial charge in [0.1, 0.15) is 12.2 Å². The fourth-order valence-corrected chi connectivity index (χ4v) is 4.65. The molecule has 0 radical (unpaired) electrons. The van der Waals surface area contributed by atoms with Gasteiger partial charge >= 0.3 is 0 Å². The first-order valence-corrected chi connectivity index (χ1v) is 10.7. The predicted octanol–water partition coefficient (Wildman–Crippen LogP) is 3.49. The summed E-state index contributed by atoms with van der Waals surface area (Å²) in [6, 6.07) is 10.6. The quantitative estimate of drug-likeness (QED) is 0.495. The highest BCUT2D eigenvalue weighted by atomic mass is 32.1. The van der Waals surface area contributed by atoms with Crippen molar-refractivity contribution in [1.29, 1.82) is 0 Å². The maximum atomic E-state index is 12.8. The SMILES string of the molecule is CC(=O)Nc1cccc(NC(=O)Cn2nc(-c3cccs3)c3sc(C)nc3c2=O)c1. The van der Waals surface area contributed by atoms with Crippen LogP contribution < -0.4 is 16.2 Å². The Morgan fingerprint density at radius 2 is 1.90 bits per heavy atom. The van der Waals surface area contributed by atoms with Crippen LogP contribution in [-0.4, -0.2) is 26.6 Å². The Labute approximate surface area is 179 Å². The van der Waals surface area contributed by atoms with Gasteiger partial charge in [0.05, 0.1) is 14.6 Å². The Morgan fingerprint density at radius 1 is 1.13 bits per heavy atom. The molecule has 152 valence electrons. The van der Waals surface area contributed by atoms with Crippen LogP contribution in [0.2, 0.25) is 0 Å². The number of hydrogen-bond donors (Lipinski definition) is 2. The van der Waals surface area contributed by atoms with Crippen LogP contribution in [0.4, 0.5) is 11.4 Å². The van der Waals surface area contributed by atoms with Gasteiger partial charge in [-0.3, -0.25) is 14.4 Å². The van der Waals surface area contributed by atoms with Crippen LogP contribution in [0.1, 0.15) is 11.9 Å². The third kappa shape index (κ3) is 4.14. The number of aromatic nitrogens is 3. The molecule has 3 aromatic heterocycles. The molecule has 1 aromatic carbocycles. The van der Waals surface area contributed by atoms with Crippen molar-refractivity contribution >= 4 is 56.1 Å². The first-order chi connectivity index (χ1) is 14.4. The van der Waals surface area contributed by atoms with Gasteiger partial charge in [0.25, 0.3) is 5.56 Å². The minimum atomic E-state index is -0.409. The van der Waals surface area contributed by atoms with Crippen LogP contribution >= 0.6 is 22.7 Å². The maximum Gasteiger partial charge on any atom is 0.294 e. The maximum absolute atomic E-state index is 12.8. The summed E-state index contributed by atoms with van der Waals surface area (Å²) in [6.45, 7) is 2.99. The zero-order chi connectivity index (χ0) is 21.3. The summed E-state index contributed by atoms with van der Waals surface area (Å²) in [5, 5.41) is 12.5. The van der Waals surface area contributed by atoms with E-state index in [0.29, 0.717) is 22.6 Å². The molecular weight excluding hydrogens is 422 g/mol. The molecule has 0 fully saturated rings. The molecule has 0 saturated carbocycles. The number of fused-ring (bicyclic) bond motifs is 1. The van der Waals surface area contributed by atoms with Crippen molar-refractivity contribution in [3.63, 3.8) is 0 Å². The minimum absolute atomic E-state index is 0.206. The van der Waals surface area contributed by atoms with Gasteiger partial charge in [0, 0.05) is 18.3 Å². The zero-order valence-electron chi connectivity index (χ0n) is 16.1. The molecule has 2 N–H and O–H groups in total. The number of thiophene rings is 1. The van der Waals surface area contributed by atoms with E-state index in [4.69, 9.17) is 0 Å². The molecule has 30 heavy (non-hydrogen) atoms. The summed E-state index contributed by atoms with van der Waals surface area (Å²) in [5.41, 5.74) is 1.62. The molecule has 0 saturated heterocycles. The average molecular weight is 440 g/mol. The largest absolute Gasteiger partial charge is 0.326 e. The molecule has 10 heteroatoms. The van der Waals surface area contributed by atoms with Crippen molar-refractivity contribution in [2.75, 3.05) is 10.6 Å². The summed E-state index contributed by atoms with van der Waals surface area (Å²) in [6.07, 6.45) is 0. The lowest BCUT2D eigenvalue weighted by molar-refractivity contribution is -0.117. The number of aryl methyl sites for hydroxylation is 1. The number of nitrogens with zero attached hydrogens (tertiary/aromatic N) is 3. The molecule has 0 aliphatic heterocycles. The molecule has 4 rings (SSSR count). The van der Waals surface area contributed by atoms with Crippen molar-refractivity contribution < 1.29 is 9.59 Å². The van der Waals surface area contributed by atoms with E-state index in [-0.39, 0.29) is 12.5 Å². The van der Waals surface area contributed by atoms with Crippen LogP contribution in [0.5, 0.6) is 0 Å². The summed E-state index contributed by atoms with van der Waals surface area (Å²) in [7, 11) is 0. The summed E-state index contributed by atoms with van der Waals surface area (Å²) >= 11 is 2.92. The normalized spacial score (nSPS) is 10.9. The second kappa shape index (κ2) is 8.17. The van der Waals surface area contributed by atoms with Crippen LogP contribution in [0.25, 0.3) is 20.8 Å². The van der Waals surface area contributed by atoms with Gasteiger partial charge in [0.2, 0.25) is 11.8 Å². The van der Waals surface area contributed by atoms with E-state index in [9.17, 15) is 14.4 Å². The van der Waals surface area contributed by atoms with Gasteiger partial charge in [-0.1, -0.05) is 12.1 Å². The lowest BCUT2D eigenvalue weighted by Gasteiger charge is -2.10. The van der Waals surface area contributed by atoms with Crippen LogP contribution in [0, 0.1) is 6.92 Å². The number of carbonyl (C=O) groups is 2. The van der Waals surface area contributed by atoms with E-state index >= 15 is 0 Å². The fourth-order valence-electron chi connectivity index (χ4n) is 2.96. The summed E-state index contributed by atoms with van der Waals surface area (Å²) < 4.78 is 1.86. The minimum Gasteiger partial charge on any atom is -0.326 e. The van der Waals surface area contributed by atoms with Gasteiger partial charge in [-0.2, -0.15) is 5.10 Å². The molecule has 4 aromatic rings. The average Bonchev–Trinajstić information content (AvgIpc) is 3.33. The van der Waals surface area contributed by atoms with Gasteiger partial charge in [-0.25, -0.2) is 9.67 Å². The van der Waals surface area contributed by atoms with Gasteiger partial charge in [-0.05, 0) is 36.6 Å². The molecule has 3 heterocycles. The molecule has 0 bridgehead atoms. The third-order valence-electron chi connectivity index (χ3n) is 4.12. The summed E-state index contributed by atoms with van der Waals surface area (Å²) in [4.78, 5) is 41.9. The van der Waals surface area contributed by atoms with E-state index in [0.717, 1.165) is 19.3 Å². The number of hydrogen-bond acceptors (Lipinski definition) is 7. The molecular formula is C20H17N5O3S2. The molecule has 0 unspecified atom stereocenters. The van der Waals surface area contributed by atoms with Crippen LogP contribution in [0.15, 0.2) is 46.6 Å². The lowest BCUT2D eigenvalue weighted by Crippen LogP contribution is -2.30.